The fourth-order valence-corrected chi connectivity index (χ4v) is 5.56. The minimum absolute atomic E-state index is 0.0458. The molecule has 6 nitrogen and oxygen atoms in total. The summed E-state index contributed by atoms with van der Waals surface area (Å²) < 4.78 is 27.0. The number of aromatic nitrogens is 1. The van der Waals surface area contributed by atoms with E-state index in [9.17, 15) is 13.2 Å². The molecule has 0 saturated carbocycles. The number of thiazole rings is 1. The number of sulfonamides is 1. The number of halogens is 2. The second-order valence-corrected chi connectivity index (χ2v) is 10.2. The molecule has 3 aromatic rings. The predicted octanol–water partition coefficient (Wildman–Crippen LogP) is 5.07. The summed E-state index contributed by atoms with van der Waals surface area (Å²) in [5.74, 6) is -0.467. The molecule has 0 fully saturated rings. The van der Waals surface area contributed by atoms with Crippen LogP contribution in [-0.2, 0) is 14.8 Å². The molecule has 0 aliphatic rings. The van der Waals surface area contributed by atoms with Gasteiger partial charge in [-0.1, -0.05) is 42.3 Å². The van der Waals surface area contributed by atoms with E-state index >= 15 is 0 Å². The van der Waals surface area contributed by atoms with Gasteiger partial charge in [-0.05, 0) is 37.3 Å². The van der Waals surface area contributed by atoms with Gasteiger partial charge in [0.15, 0.2) is 0 Å². The van der Waals surface area contributed by atoms with Crippen LogP contribution in [0.1, 0.15) is 11.9 Å². The van der Waals surface area contributed by atoms with Crippen molar-refractivity contribution in [3.05, 3.63) is 62.9 Å². The third kappa shape index (κ3) is 5.19. The summed E-state index contributed by atoms with van der Waals surface area (Å²) >= 11 is 13.5. The molecule has 0 spiro atoms. The van der Waals surface area contributed by atoms with Crippen molar-refractivity contribution in [2.24, 2.45) is 0 Å². The van der Waals surface area contributed by atoms with Crippen molar-refractivity contribution in [1.82, 2.24) is 9.29 Å². The Balaban J connectivity index is 1.77. The zero-order chi connectivity index (χ0) is 21.9. The van der Waals surface area contributed by atoms with Crippen molar-refractivity contribution in [3.63, 3.8) is 0 Å². The first kappa shape index (κ1) is 22.7. The van der Waals surface area contributed by atoms with Crippen LogP contribution in [0, 0.1) is 6.92 Å². The van der Waals surface area contributed by atoms with Crippen LogP contribution in [0.2, 0.25) is 10.0 Å². The number of hydrogen-bond donors (Lipinski definition) is 1. The zero-order valence-electron chi connectivity index (χ0n) is 16.2. The molecule has 0 unspecified atom stereocenters. The van der Waals surface area contributed by atoms with Gasteiger partial charge in [-0.3, -0.25) is 4.79 Å². The van der Waals surface area contributed by atoms with Crippen molar-refractivity contribution in [3.8, 4) is 11.3 Å². The SMILES string of the molecule is CCN(CC(=O)Nc1cccc(-c2csc(C)n2)c1)S(=O)(=O)c1cc(Cl)ccc1Cl. The first-order chi connectivity index (χ1) is 14.2. The quantitative estimate of drug-likeness (QED) is 0.508. The molecule has 2 aromatic carbocycles. The summed E-state index contributed by atoms with van der Waals surface area (Å²) in [5, 5.41) is 5.92. The number of anilines is 1. The van der Waals surface area contributed by atoms with Crippen LogP contribution in [0.5, 0.6) is 0 Å². The number of nitrogens with zero attached hydrogens (tertiary/aromatic N) is 2. The lowest BCUT2D eigenvalue weighted by atomic mass is 10.1. The van der Waals surface area contributed by atoms with Gasteiger partial charge in [0.25, 0.3) is 0 Å². The van der Waals surface area contributed by atoms with Crippen LogP contribution in [0.15, 0.2) is 52.7 Å². The van der Waals surface area contributed by atoms with E-state index in [1.54, 1.807) is 36.5 Å². The fourth-order valence-electron chi connectivity index (χ4n) is 2.79. The average Bonchev–Trinajstić information content (AvgIpc) is 3.14. The molecule has 1 aromatic heterocycles. The van der Waals surface area contributed by atoms with Crippen molar-refractivity contribution >= 4 is 56.2 Å². The molecular formula is C20H19Cl2N3O3S2. The van der Waals surface area contributed by atoms with Gasteiger partial charge in [-0.2, -0.15) is 4.31 Å². The molecule has 30 heavy (non-hydrogen) atoms. The van der Waals surface area contributed by atoms with Gasteiger partial charge in [0.05, 0.1) is 22.3 Å². The number of nitrogens with one attached hydrogen (secondary N) is 1. The Bertz CT molecular complexity index is 1180. The Morgan fingerprint density at radius 2 is 1.97 bits per heavy atom. The van der Waals surface area contributed by atoms with Crippen LogP contribution < -0.4 is 5.32 Å². The minimum Gasteiger partial charge on any atom is -0.325 e. The van der Waals surface area contributed by atoms with Crippen LogP contribution in [0.4, 0.5) is 5.69 Å². The van der Waals surface area contributed by atoms with E-state index in [1.165, 1.54) is 18.2 Å². The Labute approximate surface area is 189 Å². The number of hydrogen-bond acceptors (Lipinski definition) is 5. The average molecular weight is 484 g/mol. The van der Waals surface area contributed by atoms with E-state index in [0.29, 0.717) is 5.69 Å². The van der Waals surface area contributed by atoms with Gasteiger partial charge in [0.1, 0.15) is 4.90 Å². The Kier molecular flexibility index (Phi) is 7.15. The maximum atomic E-state index is 13.0. The zero-order valence-corrected chi connectivity index (χ0v) is 19.4. The van der Waals surface area contributed by atoms with Gasteiger partial charge < -0.3 is 5.32 Å². The maximum Gasteiger partial charge on any atom is 0.245 e. The van der Waals surface area contributed by atoms with Gasteiger partial charge in [-0.15, -0.1) is 11.3 Å². The molecule has 0 bridgehead atoms. The van der Waals surface area contributed by atoms with E-state index in [1.807, 2.05) is 18.4 Å². The highest BCUT2D eigenvalue weighted by atomic mass is 35.5. The van der Waals surface area contributed by atoms with E-state index in [-0.39, 0.29) is 28.0 Å². The lowest BCUT2D eigenvalue weighted by Gasteiger charge is -2.21. The molecule has 3 rings (SSSR count). The molecule has 1 N–H and O–H groups in total. The Morgan fingerprint density at radius 1 is 1.20 bits per heavy atom. The second kappa shape index (κ2) is 9.45. The van der Waals surface area contributed by atoms with Gasteiger partial charge in [0.2, 0.25) is 15.9 Å². The van der Waals surface area contributed by atoms with E-state index in [2.05, 4.69) is 10.3 Å². The number of carbonyl (C=O) groups excluding carboxylic acids is 1. The summed E-state index contributed by atoms with van der Waals surface area (Å²) in [6.45, 7) is 3.30. The predicted molar refractivity (Wildman–Crippen MR) is 122 cm³/mol. The smallest absolute Gasteiger partial charge is 0.245 e. The number of carbonyl (C=O) groups is 1. The Hall–Kier alpha value is -1.97. The maximum absolute atomic E-state index is 13.0. The normalized spacial score (nSPS) is 11.6. The number of amides is 1. The lowest BCUT2D eigenvalue weighted by molar-refractivity contribution is -0.116. The Morgan fingerprint density at radius 3 is 2.63 bits per heavy atom. The minimum atomic E-state index is -3.99. The van der Waals surface area contributed by atoms with E-state index in [0.717, 1.165) is 20.6 Å². The fraction of sp³-hybridized carbons (Fsp3) is 0.200. The summed E-state index contributed by atoms with van der Waals surface area (Å²) in [6.07, 6.45) is 0. The van der Waals surface area contributed by atoms with E-state index in [4.69, 9.17) is 23.2 Å². The highest BCUT2D eigenvalue weighted by molar-refractivity contribution is 7.89. The molecular weight excluding hydrogens is 465 g/mol. The highest BCUT2D eigenvalue weighted by Crippen LogP contribution is 2.28. The summed E-state index contributed by atoms with van der Waals surface area (Å²) in [5.41, 5.74) is 2.24. The topological polar surface area (TPSA) is 79.4 Å². The number of rotatable bonds is 7. The third-order valence-electron chi connectivity index (χ3n) is 4.24. The van der Waals surface area contributed by atoms with Crippen LogP contribution in [-0.4, -0.2) is 36.7 Å². The van der Waals surface area contributed by atoms with Crippen molar-refractivity contribution in [1.29, 1.82) is 0 Å². The van der Waals surface area contributed by atoms with Crippen molar-refractivity contribution in [2.45, 2.75) is 18.7 Å². The van der Waals surface area contributed by atoms with Gasteiger partial charge >= 0.3 is 0 Å². The van der Waals surface area contributed by atoms with Crippen molar-refractivity contribution in [2.75, 3.05) is 18.4 Å². The van der Waals surface area contributed by atoms with Gasteiger partial charge in [0, 0.05) is 28.2 Å². The van der Waals surface area contributed by atoms with Crippen molar-refractivity contribution < 1.29 is 13.2 Å². The number of benzene rings is 2. The summed E-state index contributed by atoms with van der Waals surface area (Å²) in [6, 6.07) is 11.4. The lowest BCUT2D eigenvalue weighted by Crippen LogP contribution is -2.38. The van der Waals surface area contributed by atoms with Crippen LogP contribution >= 0.6 is 34.5 Å². The molecule has 0 aliphatic heterocycles. The molecule has 158 valence electrons. The standard InChI is InChI=1S/C20H19Cl2N3O3S2/c1-3-25(30(27,28)19-10-15(21)7-8-17(19)22)11-20(26)24-16-6-4-5-14(9-16)18-12-29-13(2)23-18/h4-10,12H,3,11H2,1-2H3,(H,24,26). The van der Waals surface area contributed by atoms with E-state index < -0.39 is 15.9 Å². The largest absolute Gasteiger partial charge is 0.325 e. The molecule has 10 heteroatoms. The molecule has 0 atom stereocenters. The number of likely N-dealkylation sites (N-methyl/N-ethyl adjacent to an activating group) is 1. The molecule has 1 heterocycles. The summed E-state index contributed by atoms with van der Waals surface area (Å²) in [7, 11) is -3.99. The molecule has 1 amide bonds. The monoisotopic (exact) mass is 483 g/mol. The van der Waals surface area contributed by atoms with Crippen LogP contribution in [0.25, 0.3) is 11.3 Å². The first-order valence-electron chi connectivity index (χ1n) is 8.98. The van der Waals surface area contributed by atoms with Gasteiger partial charge in [-0.25, -0.2) is 13.4 Å². The molecule has 0 saturated heterocycles. The summed E-state index contributed by atoms with van der Waals surface area (Å²) in [4.78, 5) is 16.9. The second-order valence-electron chi connectivity index (χ2n) is 6.39. The highest BCUT2D eigenvalue weighted by Gasteiger charge is 2.27. The molecule has 0 radical (unpaired) electrons. The number of aryl methyl sites for hydroxylation is 1. The molecule has 0 aliphatic carbocycles. The van der Waals surface area contributed by atoms with Crippen LogP contribution in [0.3, 0.4) is 0 Å². The first-order valence-corrected chi connectivity index (χ1v) is 12.1. The third-order valence-corrected chi connectivity index (χ3v) is 7.66.